The number of nitrogens with one attached hydrogen (secondary N) is 1. The van der Waals surface area contributed by atoms with E-state index in [2.05, 4.69) is 15.5 Å². The van der Waals surface area contributed by atoms with Crippen LogP contribution in [0.1, 0.15) is 18.1 Å². The summed E-state index contributed by atoms with van der Waals surface area (Å²) in [4.78, 5) is 29.9. The molecule has 0 spiro atoms. The molecule has 168 valence electrons. The highest BCUT2D eigenvalue weighted by atomic mass is 35.5. The van der Waals surface area contributed by atoms with Crippen LogP contribution in [0.5, 0.6) is 0 Å². The number of imidazole rings is 1. The highest BCUT2D eigenvalue weighted by molar-refractivity contribution is 6.31. The molecule has 2 aromatic heterocycles. The Morgan fingerprint density at radius 3 is 2.48 bits per heavy atom. The largest absolute Gasteiger partial charge is 0.332 e. The highest BCUT2D eigenvalue weighted by Gasteiger charge is 2.19. The molecular formula is C24H23ClN6O2. The summed E-state index contributed by atoms with van der Waals surface area (Å²) in [7, 11) is 3.03. The summed E-state index contributed by atoms with van der Waals surface area (Å²) in [5, 5.41) is 4.97. The number of aryl methyl sites for hydroxylation is 1. The summed E-state index contributed by atoms with van der Waals surface area (Å²) in [6, 6.07) is 17.3. The number of allylic oxidation sites excluding steroid dienone is 1. The van der Waals surface area contributed by atoms with Crippen LogP contribution in [-0.2, 0) is 20.6 Å². The molecule has 0 amide bonds. The third kappa shape index (κ3) is 4.51. The first-order valence-corrected chi connectivity index (χ1v) is 10.7. The number of hydrogen-bond acceptors (Lipinski definition) is 5. The molecule has 33 heavy (non-hydrogen) atoms. The zero-order chi connectivity index (χ0) is 23.5. The fourth-order valence-electron chi connectivity index (χ4n) is 3.44. The van der Waals surface area contributed by atoms with Gasteiger partial charge in [-0.3, -0.25) is 18.5 Å². The van der Waals surface area contributed by atoms with Gasteiger partial charge < -0.3 is 0 Å². The molecule has 4 aromatic rings. The fraction of sp³-hybridized carbons (Fsp3) is 0.167. The summed E-state index contributed by atoms with van der Waals surface area (Å²) >= 11 is 6.37. The van der Waals surface area contributed by atoms with Crippen molar-refractivity contribution in [3.8, 4) is 0 Å². The normalized spacial score (nSPS) is 12.1. The Kier molecular flexibility index (Phi) is 6.28. The van der Waals surface area contributed by atoms with Crippen molar-refractivity contribution >= 4 is 40.5 Å². The molecule has 8 nitrogen and oxygen atoms in total. The Hall–Kier alpha value is -3.91. The molecule has 2 aromatic carbocycles. The first kappa shape index (κ1) is 22.3. The summed E-state index contributed by atoms with van der Waals surface area (Å²) in [6.45, 7) is 2.13. The van der Waals surface area contributed by atoms with Crippen LogP contribution in [0.2, 0.25) is 5.02 Å². The van der Waals surface area contributed by atoms with Crippen molar-refractivity contribution in [3.63, 3.8) is 0 Å². The molecule has 0 unspecified atom stereocenters. The number of nitrogens with zero attached hydrogens (tertiary/aromatic N) is 5. The zero-order valence-electron chi connectivity index (χ0n) is 18.5. The lowest BCUT2D eigenvalue weighted by Gasteiger charge is -2.10. The van der Waals surface area contributed by atoms with Crippen molar-refractivity contribution in [1.29, 1.82) is 0 Å². The lowest BCUT2D eigenvalue weighted by Crippen LogP contribution is -2.37. The molecule has 0 radical (unpaired) electrons. The van der Waals surface area contributed by atoms with E-state index in [0.717, 1.165) is 15.7 Å². The maximum atomic E-state index is 13.0. The van der Waals surface area contributed by atoms with Crippen LogP contribution in [0.4, 0.5) is 5.95 Å². The summed E-state index contributed by atoms with van der Waals surface area (Å²) in [5.74, 6) is 0.329. The van der Waals surface area contributed by atoms with Crippen LogP contribution in [-0.4, -0.2) is 24.4 Å². The third-order valence-corrected chi connectivity index (χ3v) is 5.65. The van der Waals surface area contributed by atoms with E-state index in [0.29, 0.717) is 16.7 Å². The van der Waals surface area contributed by atoms with Crippen molar-refractivity contribution in [1.82, 2.24) is 18.7 Å². The minimum absolute atomic E-state index is 0.269. The number of halogens is 1. The monoisotopic (exact) mass is 462 g/mol. The van der Waals surface area contributed by atoms with E-state index in [4.69, 9.17) is 11.6 Å². The van der Waals surface area contributed by atoms with Crippen LogP contribution in [0, 0.1) is 0 Å². The lowest BCUT2D eigenvalue weighted by atomic mass is 10.2. The van der Waals surface area contributed by atoms with Gasteiger partial charge in [-0.2, -0.15) is 10.1 Å². The zero-order valence-corrected chi connectivity index (χ0v) is 19.2. The smallest absolute Gasteiger partial charge is 0.298 e. The fourth-order valence-corrected chi connectivity index (χ4v) is 3.63. The summed E-state index contributed by atoms with van der Waals surface area (Å²) in [5.41, 5.74) is 5.18. The van der Waals surface area contributed by atoms with Crippen LogP contribution in [0.3, 0.4) is 0 Å². The van der Waals surface area contributed by atoms with Gasteiger partial charge in [-0.05, 0) is 30.2 Å². The predicted molar refractivity (Wildman–Crippen MR) is 133 cm³/mol. The van der Waals surface area contributed by atoms with Gasteiger partial charge in [0, 0.05) is 19.1 Å². The van der Waals surface area contributed by atoms with Crippen LogP contribution >= 0.6 is 11.6 Å². The molecule has 0 bridgehead atoms. The first-order valence-electron chi connectivity index (χ1n) is 10.3. The number of anilines is 1. The Morgan fingerprint density at radius 2 is 1.76 bits per heavy atom. The standard InChI is InChI=1S/C24H23ClN6O2/c1-16(13-14-17-9-5-4-6-10-17)27-28-23-26-21-20(22(32)30(3)24(33)29(21)2)31(23)15-18-11-7-8-12-19(18)25/h4-14H,15H2,1-3H3,(H,26,28)/b14-13+,27-16+. The molecule has 4 rings (SSSR count). The molecule has 9 heteroatoms. The summed E-state index contributed by atoms with van der Waals surface area (Å²) < 4.78 is 4.10. The number of benzene rings is 2. The van der Waals surface area contributed by atoms with Crippen molar-refractivity contribution in [2.75, 3.05) is 5.43 Å². The summed E-state index contributed by atoms with van der Waals surface area (Å²) in [6.07, 6.45) is 3.82. The Labute approximate surface area is 195 Å². The molecule has 0 atom stereocenters. The first-order chi connectivity index (χ1) is 15.9. The van der Waals surface area contributed by atoms with Gasteiger partial charge in [0.2, 0.25) is 5.95 Å². The second-order valence-electron chi connectivity index (χ2n) is 7.60. The number of rotatable bonds is 6. The van der Waals surface area contributed by atoms with E-state index in [1.54, 1.807) is 17.7 Å². The quantitative estimate of drug-likeness (QED) is 0.350. The van der Waals surface area contributed by atoms with Crippen LogP contribution in [0.25, 0.3) is 17.2 Å². The topological polar surface area (TPSA) is 86.2 Å². The maximum absolute atomic E-state index is 13.0. The molecule has 2 heterocycles. The SMILES string of the molecule is CC(/C=C/c1ccccc1)=N\Nc1nc2c(c(=O)n(C)c(=O)n2C)n1Cc1ccccc1Cl. The Bertz CT molecular complexity index is 1500. The second-order valence-corrected chi connectivity index (χ2v) is 8.01. The minimum atomic E-state index is -0.452. The molecule has 0 aliphatic heterocycles. The molecule has 0 aliphatic carbocycles. The predicted octanol–water partition coefficient (Wildman–Crippen LogP) is 3.64. The molecule has 1 N–H and O–H groups in total. The Balaban J connectivity index is 1.78. The molecule has 0 fully saturated rings. The molecule has 0 saturated heterocycles. The lowest BCUT2D eigenvalue weighted by molar-refractivity contribution is 0.702. The number of aromatic nitrogens is 4. The van der Waals surface area contributed by atoms with Crippen molar-refractivity contribution in [3.05, 3.63) is 97.7 Å². The van der Waals surface area contributed by atoms with E-state index in [1.807, 2.05) is 67.6 Å². The van der Waals surface area contributed by atoms with Gasteiger partial charge in [0.05, 0.1) is 12.3 Å². The van der Waals surface area contributed by atoms with E-state index in [9.17, 15) is 9.59 Å². The number of hydrazone groups is 1. The van der Waals surface area contributed by atoms with Crippen molar-refractivity contribution in [2.24, 2.45) is 19.2 Å². The Morgan fingerprint density at radius 1 is 1.06 bits per heavy atom. The maximum Gasteiger partial charge on any atom is 0.332 e. The van der Waals surface area contributed by atoms with Gasteiger partial charge in [-0.1, -0.05) is 66.2 Å². The van der Waals surface area contributed by atoms with E-state index in [-0.39, 0.29) is 17.7 Å². The van der Waals surface area contributed by atoms with Gasteiger partial charge in [0.15, 0.2) is 11.2 Å². The van der Waals surface area contributed by atoms with E-state index >= 15 is 0 Å². The van der Waals surface area contributed by atoms with Gasteiger partial charge in [0.25, 0.3) is 5.56 Å². The number of hydrogen-bond donors (Lipinski definition) is 1. The molecule has 0 saturated carbocycles. The van der Waals surface area contributed by atoms with E-state index < -0.39 is 11.2 Å². The van der Waals surface area contributed by atoms with Gasteiger partial charge in [0.1, 0.15) is 0 Å². The van der Waals surface area contributed by atoms with Gasteiger partial charge in [-0.15, -0.1) is 0 Å². The highest BCUT2D eigenvalue weighted by Crippen LogP contribution is 2.22. The molecular weight excluding hydrogens is 440 g/mol. The molecule has 0 aliphatic rings. The average Bonchev–Trinajstić information content (AvgIpc) is 3.19. The van der Waals surface area contributed by atoms with E-state index in [1.165, 1.54) is 11.6 Å². The second kappa shape index (κ2) is 9.30. The van der Waals surface area contributed by atoms with Crippen molar-refractivity contribution < 1.29 is 0 Å². The van der Waals surface area contributed by atoms with Crippen molar-refractivity contribution in [2.45, 2.75) is 13.5 Å². The average molecular weight is 463 g/mol. The third-order valence-electron chi connectivity index (χ3n) is 5.28. The van der Waals surface area contributed by atoms with Gasteiger partial charge >= 0.3 is 5.69 Å². The van der Waals surface area contributed by atoms with Crippen LogP contribution in [0.15, 0.2) is 75.4 Å². The minimum Gasteiger partial charge on any atom is -0.298 e. The number of fused-ring (bicyclic) bond motifs is 1. The van der Waals surface area contributed by atoms with Gasteiger partial charge in [-0.25, -0.2) is 10.2 Å². The van der Waals surface area contributed by atoms with Crippen LogP contribution < -0.4 is 16.7 Å².